The highest BCUT2D eigenvalue weighted by molar-refractivity contribution is 5.65. The molecule has 0 aliphatic carbocycles. The Hall–Kier alpha value is -1.95. The number of halogens is 1. The molecule has 0 bridgehead atoms. The molecule has 0 saturated heterocycles. The summed E-state index contributed by atoms with van der Waals surface area (Å²) < 4.78 is 23.8. The summed E-state index contributed by atoms with van der Waals surface area (Å²) in [4.78, 5) is 4.07. The molecule has 96 valence electrons. The van der Waals surface area contributed by atoms with E-state index in [-0.39, 0.29) is 18.1 Å². The van der Waals surface area contributed by atoms with Crippen molar-refractivity contribution in [3.8, 4) is 17.1 Å². The molecule has 2 aromatic rings. The molecule has 0 aliphatic rings. The molecule has 6 heteroatoms. The lowest BCUT2D eigenvalue weighted by Gasteiger charge is -2.08. The Morgan fingerprint density at radius 2 is 2.22 bits per heavy atom. The van der Waals surface area contributed by atoms with Crippen LogP contribution >= 0.6 is 0 Å². The Bertz CT molecular complexity index is 554. The first kappa shape index (κ1) is 12.5. The van der Waals surface area contributed by atoms with E-state index in [1.165, 1.54) is 13.2 Å². The fourth-order valence-corrected chi connectivity index (χ4v) is 1.67. The van der Waals surface area contributed by atoms with Crippen LogP contribution in [0, 0.1) is 5.82 Å². The Kier molecular flexibility index (Phi) is 3.57. The molecule has 18 heavy (non-hydrogen) atoms. The van der Waals surface area contributed by atoms with Gasteiger partial charge in [0.1, 0.15) is 0 Å². The first-order valence-corrected chi connectivity index (χ1v) is 5.59. The van der Waals surface area contributed by atoms with Crippen molar-refractivity contribution in [2.75, 3.05) is 7.11 Å². The first-order chi connectivity index (χ1) is 8.69. The quantitative estimate of drug-likeness (QED) is 0.898. The maximum Gasteiger partial charge on any atom is 0.240 e. The molecule has 0 saturated carbocycles. The minimum absolute atomic E-state index is 0.108. The van der Waals surface area contributed by atoms with Gasteiger partial charge in [-0.1, -0.05) is 12.1 Å². The van der Waals surface area contributed by atoms with Crippen LogP contribution in [0.15, 0.2) is 16.7 Å². The summed E-state index contributed by atoms with van der Waals surface area (Å²) in [5.74, 6) is 0.249. The van der Waals surface area contributed by atoms with Gasteiger partial charge in [0.25, 0.3) is 0 Å². The summed E-state index contributed by atoms with van der Waals surface area (Å²) in [5.41, 5.74) is 6.70. The second kappa shape index (κ2) is 5.14. The molecule has 0 unspecified atom stereocenters. The van der Waals surface area contributed by atoms with Gasteiger partial charge in [0.2, 0.25) is 11.7 Å². The summed E-state index contributed by atoms with van der Waals surface area (Å²) in [5, 5.41) is 3.77. The standard InChI is InChI=1S/C12H14FN3O2/c1-3-7-4-8(11(17-2)9(13)5-7)12-15-10(6-14)18-16-12/h4-5H,3,6,14H2,1-2H3. The monoisotopic (exact) mass is 251 g/mol. The summed E-state index contributed by atoms with van der Waals surface area (Å²) in [7, 11) is 1.40. The maximum absolute atomic E-state index is 13.8. The van der Waals surface area contributed by atoms with Crippen molar-refractivity contribution in [3.63, 3.8) is 0 Å². The number of methoxy groups -OCH3 is 1. The number of aromatic nitrogens is 2. The van der Waals surface area contributed by atoms with Crippen molar-refractivity contribution in [1.82, 2.24) is 10.1 Å². The van der Waals surface area contributed by atoms with Crippen LogP contribution in [0.25, 0.3) is 11.4 Å². The van der Waals surface area contributed by atoms with E-state index < -0.39 is 5.82 Å². The molecule has 1 heterocycles. The zero-order chi connectivity index (χ0) is 13.1. The van der Waals surface area contributed by atoms with Gasteiger partial charge in [-0.2, -0.15) is 4.98 Å². The predicted molar refractivity (Wildman–Crippen MR) is 63.5 cm³/mol. The van der Waals surface area contributed by atoms with E-state index in [0.29, 0.717) is 17.9 Å². The van der Waals surface area contributed by atoms with Crippen molar-refractivity contribution in [1.29, 1.82) is 0 Å². The van der Waals surface area contributed by atoms with E-state index in [4.69, 9.17) is 15.0 Å². The third-order valence-corrected chi connectivity index (χ3v) is 2.60. The van der Waals surface area contributed by atoms with Crippen molar-refractivity contribution >= 4 is 0 Å². The normalized spacial score (nSPS) is 10.7. The highest BCUT2D eigenvalue weighted by Gasteiger charge is 2.17. The molecule has 2 rings (SSSR count). The third-order valence-electron chi connectivity index (χ3n) is 2.60. The SMILES string of the molecule is CCc1cc(F)c(OC)c(-c2noc(CN)n2)c1. The second-order valence-electron chi connectivity index (χ2n) is 3.73. The molecule has 0 radical (unpaired) electrons. The molecule has 0 amide bonds. The van der Waals surface area contributed by atoms with Crippen LogP contribution in [0.3, 0.4) is 0 Å². The van der Waals surface area contributed by atoms with Gasteiger partial charge >= 0.3 is 0 Å². The van der Waals surface area contributed by atoms with E-state index in [0.717, 1.165) is 5.56 Å². The van der Waals surface area contributed by atoms with Gasteiger partial charge in [-0.25, -0.2) is 4.39 Å². The largest absolute Gasteiger partial charge is 0.493 e. The lowest BCUT2D eigenvalue weighted by Crippen LogP contribution is -1.97. The molecule has 0 atom stereocenters. The van der Waals surface area contributed by atoms with E-state index in [1.54, 1.807) is 6.07 Å². The van der Waals surface area contributed by atoms with Gasteiger partial charge in [0.05, 0.1) is 19.2 Å². The van der Waals surface area contributed by atoms with E-state index in [9.17, 15) is 4.39 Å². The van der Waals surface area contributed by atoms with Gasteiger partial charge in [-0.15, -0.1) is 0 Å². The molecule has 5 nitrogen and oxygen atoms in total. The van der Waals surface area contributed by atoms with Crippen molar-refractivity contribution in [3.05, 3.63) is 29.4 Å². The van der Waals surface area contributed by atoms with Crippen LogP contribution in [0.5, 0.6) is 5.75 Å². The molecule has 1 aromatic carbocycles. The number of ether oxygens (including phenoxy) is 1. The lowest BCUT2D eigenvalue weighted by molar-refractivity contribution is 0.377. The fraction of sp³-hybridized carbons (Fsp3) is 0.333. The van der Waals surface area contributed by atoms with Crippen molar-refractivity contribution < 1.29 is 13.7 Å². The number of rotatable bonds is 4. The van der Waals surface area contributed by atoms with Gasteiger partial charge in [-0.05, 0) is 24.1 Å². The number of nitrogens with zero attached hydrogens (tertiary/aromatic N) is 2. The van der Waals surface area contributed by atoms with Crippen LogP contribution in [0.2, 0.25) is 0 Å². The van der Waals surface area contributed by atoms with Crippen LogP contribution in [-0.2, 0) is 13.0 Å². The third kappa shape index (κ3) is 2.19. The average molecular weight is 251 g/mol. The minimum Gasteiger partial charge on any atom is -0.493 e. The smallest absolute Gasteiger partial charge is 0.240 e. The minimum atomic E-state index is -0.439. The molecule has 1 aromatic heterocycles. The van der Waals surface area contributed by atoms with Gasteiger partial charge in [-0.3, -0.25) is 0 Å². The van der Waals surface area contributed by atoms with Crippen LogP contribution in [0.4, 0.5) is 4.39 Å². The first-order valence-electron chi connectivity index (χ1n) is 5.59. The van der Waals surface area contributed by atoms with Gasteiger partial charge in [0, 0.05) is 0 Å². The maximum atomic E-state index is 13.8. The Labute approximate surface area is 104 Å². The average Bonchev–Trinajstić information content (AvgIpc) is 2.86. The molecular formula is C12H14FN3O2. The number of benzene rings is 1. The fourth-order valence-electron chi connectivity index (χ4n) is 1.67. The number of aryl methyl sites for hydroxylation is 1. The molecule has 2 N–H and O–H groups in total. The van der Waals surface area contributed by atoms with E-state index >= 15 is 0 Å². The number of nitrogens with two attached hydrogens (primary N) is 1. The van der Waals surface area contributed by atoms with E-state index in [1.807, 2.05) is 6.92 Å². The summed E-state index contributed by atoms with van der Waals surface area (Å²) >= 11 is 0. The second-order valence-corrected chi connectivity index (χ2v) is 3.73. The highest BCUT2D eigenvalue weighted by atomic mass is 19.1. The van der Waals surface area contributed by atoms with Crippen LogP contribution in [0.1, 0.15) is 18.4 Å². The zero-order valence-corrected chi connectivity index (χ0v) is 10.2. The number of hydrogen-bond donors (Lipinski definition) is 1. The zero-order valence-electron chi connectivity index (χ0n) is 10.2. The Morgan fingerprint density at radius 1 is 1.44 bits per heavy atom. The molecular weight excluding hydrogens is 237 g/mol. The van der Waals surface area contributed by atoms with E-state index in [2.05, 4.69) is 10.1 Å². The van der Waals surface area contributed by atoms with Gasteiger partial charge < -0.3 is 15.0 Å². The lowest BCUT2D eigenvalue weighted by atomic mass is 10.1. The Morgan fingerprint density at radius 3 is 2.78 bits per heavy atom. The highest BCUT2D eigenvalue weighted by Crippen LogP contribution is 2.32. The van der Waals surface area contributed by atoms with Gasteiger partial charge in [0.15, 0.2) is 11.6 Å². The predicted octanol–water partition coefficient (Wildman–Crippen LogP) is 1.91. The molecule has 0 fully saturated rings. The molecule has 0 spiro atoms. The topological polar surface area (TPSA) is 74.2 Å². The van der Waals surface area contributed by atoms with Crippen molar-refractivity contribution in [2.24, 2.45) is 5.73 Å². The van der Waals surface area contributed by atoms with Crippen LogP contribution in [-0.4, -0.2) is 17.3 Å². The number of hydrogen-bond acceptors (Lipinski definition) is 5. The Balaban J connectivity index is 2.56. The van der Waals surface area contributed by atoms with Crippen LogP contribution < -0.4 is 10.5 Å². The molecule has 0 aliphatic heterocycles. The summed E-state index contributed by atoms with van der Waals surface area (Å²) in [6.45, 7) is 2.08. The summed E-state index contributed by atoms with van der Waals surface area (Å²) in [6.07, 6.45) is 0.704. The van der Waals surface area contributed by atoms with Crippen molar-refractivity contribution in [2.45, 2.75) is 19.9 Å². The summed E-state index contributed by atoms with van der Waals surface area (Å²) in [6, 6.07) is 3.22.